The lowest BCUT2D eigenvalue weighted by Gasteiger charge is -2.12. The molecule has 0 aliphatic heterocycles. The molecule has 2 aromatic carbocycles. The molecule has 1 nitrogen and oxygen atoms in total. The summed E-state index contributed by atoms with van der Waals surface area (Å²) in [5, 5.41) is 12.1. The maximum atomic E-state index is 9.49. The molecule has 15 heavy (non-hydrogen) atoms. The van der Waals surface area contributed by atoms with Crippen LogP contribution in [0.2, 0.25) is 0 Å². The lowest BCUT2D eigenvalue weighted by atomic mass is 10.4. The Morgan fingerprint density at radius 3 is 1.47 bits per heavy atom. The third-order valence-electron chi connectivity index (χ3n) is 2.59. The van der Waals surface area contributed by atoms with Gasteiger partial charge in [0.15, 0.2) is 0 Å². The van der Waals surface area contributed by atoms with E-state index in [2.05, 4.69) is 24.3 Å². The molecule has 0 saturated carbocycles. The highest BCUT2D eigenvalue weighted by atomic mass is 28.3. The summed E-state index contributed by atoms with van der Waals surface area (Å²) in [6.07, 6.45) is 0.286. The SMILES string of the molecule is OC[SiH](c1ccccc1)c1ccccc1. The lowest BCUT2D eigenvalue weighted by molar-refractivity contribution is 0.365. The largest absolute Gasteiger partial charge is 0.399 e. The minimum atomic E-state index is -1.37. The average Bonchev–Trinajstić information content (AvgIpc) is 2.33. The van der Waals surface area contributed by atoms with Gasteiger partial charge in [-0.15, -0.1) is 0 Å². The maximum absolute atomic E-state index is 9.49. The van der Waals surface area contributed by atoms with Crippen molar-refractivity contribution in [1.29, 1.82) is 0 Å². The Bertz CT molecular complexity index is 360. The van der Waals surface area contributed by atoms with Gasteiger partial charge in [-0.1, -0.05) is 71.0 Å². The Hall–Kier alpha value is -1.38. The van der Waals surface area contributed by atoms with Crippen molar-refractivity contribution in [2.24, 2.45) is 0 Å². The van der Waals surface area contributed by atoms with Gasteiger partial charge in [-0.25, -0.2) is 0 Å². The van der Waals surface area contributed by atoms with Crippen LogP contribution in [-0.2, 0) is 0 Å². The predicted molar refractivity (Wildman–Crippen MR) is 66.4 cm³/mol. The van der Waals surface area contributed by atoms with E-state index < -0.39 is 8.80 Å². The van der Waals surface area contributed by atoms with Gasteiger partial charge in [0, 0.05) is 6.23 Å². The van der Waals surface area contributed by atoms with E-state index in [1.165, 1.54) is 10.4 Å². The summed E-state index contributed by atoms with van der Waals surface area (Å²) in [7, 11) is -1.37. The summed E-state index contributed by atoms with van der Waals surface area (Å²) in [6.45, 7) is 0. The van der Waals surface area contributed by atoms with Crippen LogP contribution < -0.4 is 10.4 Å². The second-order valence-electron chi connectivity index (χ2n) is 3.56. The van der Waals surface area contributed by atoms with Crippen LogP contribution in [0.15, 0.2) is 60.7 Å². The first-order chi connectivity index (χ1) is 7.42. The minimum Gasteiger partial charge on any atom is -0.399 e. The van der Waals surface area contributed by atoms with Gasteiger partial charge in [0.1, 0.15) is 8.80 Å². The highest BCUT2D eigenvalue weighted by Crippen LogP contribution is 1.91. The molecule has 0 amide bonds. The van der Waals surface area contributed by atoms with Crippen LogP contribution in [0, 0.1) is 0 Å². The van der Waals surface area contributed by atoms with Crippen molar-refractivity contribution < 1.29 is 5.11 Å². The summed E-state index contributed by atoms with van der Waals surface area (Å²) in [5.74, 6) is 0. The van der Waals surface area contributed by atoms with Crippen molar-refractivity contribution in [3.63, 3.8) is 0 Å². The van der Waals surface area contributed by atoms with Crippen molar-refractivity contribution >= 4 is 19.2 Å². The van der Waals surface area contributed by atoms with Crippen molar-refractivity contribution in [3.05, 3.63) is 60.7 Å². The van der Waals surface area contributed by atoms with Crippen molar-refractivity contribution in [3.8, 4) is 0 Å². The number of benzene rings is 2. The molecule has 0 atom stereocenters. The van der Waals surface area contributed by atoms with Gasteiger partial charge in [-0.3, -0.25) is 0 Å². The van der Waals surface area contributed by atoms with Gasteiger partial charge in [0.05, 0.1) is 0 Å². The first-order valence-electron chi connectivity index (χ1n) is 5.12. The monoisotopic (exact) mass is 214 g/mol. The number of rotatable bonds is 3. The molecule has 0 aliphatic carbocycles. The first kappa shape index (κ1) is 10.1. The normalized spacial score (nSPS) is 10.5. The molecule has 0 fully saturated rings. The summed E-state index contributed by atoms with van der Waals surface area (Å²) in [6, 6.07) is 20.6. The van der Waals surface area contributed by atoms with E-state index in [0.717, 1.165) is 0 Å². The van der Waals surface area contributed by atoms with Gasteiger partial charge in [-0.05, 0) is 0 Å². The van der Waals surface area contributed by atoms with E-state index in [1.54, 1.807) is 0 Å². The van der Waals surface area contributed by atoms with Crippen LogP contribution in [0.3, 0.4) is 0 Å². The summed E-state index contributed by atoms with van der Waals surface area (Å²) < 4.78 is 0. The zero-order valence-electron chi connectivity index (χ0n) is 8.51. The van der Waals surface area contributed by atoms with Crippen LogP contribution in [0.4, 0.5) is 0 Å². The molecule has 0 radical (unpaired) electrons. The topological polar surface area (TPSA) is 20.2 Å². The molecule has 0 bridgehead atoms. The second-order valence-corrected chi connectivity index (χ2v) is 6.36. The lowest BCUT2D eigenvalue weighted by Crippen LogP contribution is -2.45. The molecule has 0 aliphatic rings. The number of hydrogen-bond donors (Lipinski definition) is 1. The summed E-state index contributed by atoms with van der Waals surface area (Å²) in [4.78, 5) is 0. The van der Waals surface area contributed by atoms with E-state index in [9.17, 15) is 5.11 Å². The van der Waals surface area contributed by atoms with Gasteiger partial charge < -0.3 is 5.11 Å². The number of hydrogen-bond acceptors (Lipinski definition) is 1. The van der Waals surface area contributed by atoms with E-state index >= 15 is 0 Å². The molecule has 2 aromatic rings. The van der Waals surface area contributed by atoms with Crippen molar-refractivity contribution in [2.45, 2.75) is 0 Å². The fourth-order valence-corrected chi connectivity index (χ4v) is 3.95. The van der Waals surface area contributed by atoms with Gasteiger partial charge >= 0.3 is 0 Å². The molecule has 1 N–H and O–H groups in total. The maximum Gasteiger partial charge on any atom is 0.130 e. The highest BCUT2D eigenvalue weighted by molar-refractivity contribution is 6.85. The molecule has 0 heterocycles. The highest BCUT2D eigenvalue weighted by Gasteiger charge is 2.13. The minimum absolute atomic E-state index is 0.286. The van der Waals surface area contributed by atoms with Crippen LogP contribution >= 0.6 is 0 Å². The first-order valence-corrected chi connectivity index (χ1v) is 7.09. The quantitative estimate of drug-likeness (QED) is 0.740. The third-order valence-corrected chi connectivity index (χ3v) is 5.33. The second kappa shape index (κ2) is 4.91. The van der Waals surface area contributed by atoms with E-state index in [4.69, 9.17) is 0 Å². The van der Waals surface area contributed by atoms with Crippen LogP contribution in [0.1, 0.15) is 0 Å². The molecule has 2 rings (SSSR count). The van der Waals surface area contributed by atoms with E-state index in [0.29, 0.717) is 0 Å². The molecule has 0 saturated heterocycles. The van der Waals surface area contributed by atoms with Gasteiger partial charge in [0.2, 0.25) is 0 Å². The molecule has 0 unspecified atom stereocenters. The van der Waals surface area contributed by atoms with Gasteiger partial charge in [-0.2, -0.15) is 0 Å². The Kier molecular flexibility index (Phi) is 3.32. The smallest absolute Gasteiger partial charge is 0.130 e. The molecule has 2 heteroatoms. The summed E-state index contributed by atoms with van der Waals surface area (Å²) in [5.41, 5.74) is 0. The Balaban J connectivity index is 2.34. The zero-order chi connectivity index (χ0) is 10.5. The molecule has 0 aromatic heterocycles. The molecule has 0 spiro atoms. The fraction of sp³-hybridized carbons (Fsp3) is 0.0769. The van der Waals surface area contributed by atoms with E-state index in [-0.39, 0.29) is 6.23 Å². The van der Waals surface area contributed by atoms with Crippen LogP contribution in [0.5, 0.6) is 0 Å². The van der Waals surface area contributed by atoms with Gasteiger partial charge in [0.25, 0.3) is 0 Å². The van der Waals surface area contributed by atoms with Crippen LogP contribution in [-0.4, -0.2) is 20.1 Å². The molecular weight excluding hydrogens is 200 g/mol. The number of aliphatic hydroxyl groups excluding tert-OH is 1. The fourth-order valence-electron chi connectivity index (χ4n) is 1.77. The Morgan fingerprint density at radius 1 is 0.733 bits per heavy atom. The summed E-state index contributed by atoms with van der Waals surface area (Å²) >= 11 is 0. The Labute approximate surface area is 91.6 Å². The predicted octanol–water partition coefficient (Wildman–Crippen LogP) is 0.559. The molecule has 76 valence electrons. The van der Waals surface area contributed by atoms with Crippen molar-refractivity contribution in [1.82, 2.24) is 0 Å². The molecular formula is C13H14OSi. The zero-order valence-corrected chi connectivity index (χ0v) is 9.66. The standard InChI is InChI=1S/C13H14OSi/c14-11-15(12-7-3-1-4-8-12)13-9-5-2-6-10-13/h1-10,14-15H,11H2. The average molecular weight is 214 g/mol. The van der Waals surface area contributed by atoms with Crippen LogP contribution in [0.25, 0.3) is 0 Å². The van der Waals surface area contributed by atoms with E-state index in [1.807, 2.05) is 36.4 Å². The number of aliphatic hydroxyl groups is 1. The Morgan fingerprint density at radius 2 is 1.13 bits per heavy atom. The third kappa shape index (κ3) is 2.35. The van der Waals surface area contributed by atoms with Crippen molar-refractivity contribution in [2.75, 3.05) is 6.23 Å².